The Morgan fingerprint density at radius 2 is 0.956 bits per heavy atom. The summed E-state index contributed by atoms with van der Waals surface area (Å²) in [5.74, 6) is 0. The topological polar surface area (TPSA) is 42.4 Å². The maximum absolute atomic E-state index is 9.74. The second-order valence-electron chi connectivity index (χ2n) is 13.4. The summed E-state index contributed by atoms with van der Waals surface area (Å²) in [5.41, 5.74) is 6.45. The minimum atomic E-state index is -1.57. The molecule has 1 aromatic heterocycles. The lowest BCUT2D eigenvalue weighted by Gasteiger charge is -2.39. The average Bonchev–Trinajstić information content (AvgIpc) is 3.00. The molecule has 2 aromatic carbocycles. The number of hydrogen-bond acceptors (Lipinski definition) is 3. The Labute approximate surface area is 285 Å². The van der Waals surface area contributed by atoms with E-state index in [0.717, 1.165) is 5.56 Å². The molecule has 0 spiro atoms. The Morgan fingerprint density at radius 1 is 0.600 bits per heavy atom. The molecule has 0 unspecified atom stereocenters. The molecular weight excluding hydrogens is 606 g/mol. The normalized spacial score (nSPS) is 11.7. The van der Waals surface area contributed by atoms with E-state index < -0.39 is 21.3 Å². The fraction of sp³-hybridized carbons (Fsp3) is 0.564. The molecular formula is C39H66ClNO2Si2. The zero-order valence-electron chi connectivity index (χ0n) is 31.3. The van der Waals surface area contributed by atoms with E-state index in [1.165, 1.54) is 64.1 Å². The van der Waals surface area contributed by atoms with Crippen molar-refractivity contribution < 1.29 is 9.53 Å². The third-order valence-corrected chi connectivity index (χ3v) is 19.7. The third kappa shape index (κ3) is 16.6. The van der Waals surface area contributed by atoms with Crippen molar-refractivity contribution in [3.8, 4) is 0 Å². The monoisotopic (exact) mass is 671 g/mol. The van der Waals surface area contributed by atoms with Gasteiger partial charge in [-0.2, -0.15) is 11.1 Å². The zero-order valence-corrected chi connectivity index (χ0v) is 34.0. The first-order valence-corrected chi connectivity index (χ1v) is 23.2. The van der Waals surface area contributed by atoms with Crippen LogP contribution in [0.4, 0.5) is 0 Å². The molecule has 0 saturated carbocycles. The molecule has 0 radical (unpaired) electrons. The Kier molecular flexibility index (Phi) is 19.7. The summed E-state index contributed by atoms with van der Waals surface area (Å²) in [4.78, 5) is 3.78. The molecule has 0 aliphatic heterocycles. The summed E-state index contributed by atoms with van der Waals surface area (Å²) < 4.78 is 6.71. The predicted molar refractivity (Wildman–Crippen MR) is 206 cm³/mol. The van der Waals surface area contributed by atoms with E-state index in [1.807, 2.05) is 44.2 Å². The molecule has 3 aromatic rings. The molecule has 0 bridgehead atoms. The van der Waals surface area contributed by atoms with Gasteiger partial charge in [-0.3, -0.25) is 4.98 Å². The SMILES string of the molecule is CC[Si](CC)(CC)OC(C)(C)c1cc(C)cc(C)c1.CC[Si](Cl)(CC)CC.Cc1cc(C)cc(C(C)(C)O)c1.c1ccncc1. The van der Waals surface area contributed by atoms with Crippen LogP contribution >= 0.6 is 11.1 Å². The number of benzene rings is 2. The lowest BCUT2D eigenvalue weighted by Crippen LogP contribution is -2.43. The molecule has 1 N–H and O–H groups in total. The van der Waals surface area contributed by atoms with Gasteiger partial charge in [-0.05, 0) is 115 Å². The summed E-state index contributed by atoms with van der Waals surface area (Å²) in [6.45, 7) is 29.9. The van der Waals surface area contributed by atoms with Crippen LogP contribution in [0.3, 0.4) is 0 Å². The molecule has 0 aliphatic rings. The number of aliphatic hydroxyl groups is 1. The highest BCUT2D eigenvalue weighted by molar-refractivity contribution is 7.20. The van der Waals surface area contributed by atoms with Crippen LogP contribution in [0, 0.1) is 27.7 Å². The zero-order chi connectivity index (χ0) is 34.9. The van der Waals surface area contributed by atoms with Gasteiger partial charge in [-0.15, -0.1) is 0 Å². The Balaban J connectivity index is 0.000000632. The number of hydrogen-bond donors (Lipinski definition) is 1. The number of aryl methyl sites for hydroxylation is 4. The highest BCUT2D eigenvalue weighted by Gasteiger charge is 2.36. The molecule has 0 saturated heterocycles. The van der Waals surface area contributed by atoms with Gasteiger partial charge in [0.1, 0.15) is 0 Å². The minimum Gasteiger partial charge on any atom is -0.408 e. The Morgan fingerprint density at radius 3 is 1.18 bits per heavy atom. The highest BCUT2D eigenvalue weighted by atomic mass is 35.6. The van der Waals surface area contributed by atoms with E-state index in [2.05, 4.69) is 98.5 Å². The number of pyridine rings is 1. The summed E-state index contributed by atoms with van der Waals surface area (Å²) in [6, 6.07) is 25.9. The number of nitrogens with zero attached hydrogens (tertiary/aromatic N) is 1. The summed E-state index contributed by atoms with van der Waals surface area (Å²) in [6.07, 6.45) is 3.50. The van der Waals surface area contributed by atoms with E-state index in [0.29, 0.717) is 0 Å². The minimum absolute atomic E-state index is 0.176. The fourth-order valence-electron chi connectivity index (χ4n) is 5.28. The van der Waals surface area contributed by atoms with Crippen LogP contribution in [0.5, 0.6) is 0 Å². The summed E-state index contributed by atoms with van der Waals surface area (Å²) in [7, 11) is -2.77. The molecule has 45 heavy (non-hydrogen) atoms. The molecule has 3 nitrogen and oxygen atoms in total. The van der Waals surface area contributed by atoms with Crippen LogP contribution in [0.25, 0.3) is 0 Å². The van der Waals surface area contributed by atoms with Gasteiger partial charge in [-0.1, -0.05) is 106 Å². The third-order valence-electron chi connectivity index (χ3n) is 8.72. The molecule has 0 aliphatic carbocycles. The van der Waals surface area contributed by atoms with Crippen molar-refractivity contribution in [3.63, 3.8) is 0 Å². The maximum atomic E-state index is 9.74. The number of aromatic nitrogens is 1. The van der Waals surface area contributed by atoms with Crippen LogP contribution < -0.4 is 0 Å². The van der Waals surface area contributed by atoms with Crippen molar-refractivity contribution in [3.05, 3.63) is 100 Å². The summed E-state index contributed by atoms with van der Waals surface area (Å²) in [5, 5.41) is 9.74. The first-order chi connectivity index (χ1) is 20.9. The smallest absolute Gasteiger partial charge is 0.193 e. The Hall–Kier alpha value is -1.77. The quantitative estimate of drug-likeness (QED) is 0.172. The molecule has 6 heteroatoms. The van der Waals surface area contributed by atoms with E-state index in [4.69, 9.17) is 15.5 Å². The fourth-order valence-corrected chi connectivity index (χ4v) is 9.91. The van der Waals surface area contributed by atoms with Crippen LogP contribution in [-0.4, -0.2) is 25.8 Å². The van der Waals surface area contributed by atoms with Crippen molar-refractivity contribution in [2.75, 3.05) is 0 Å². The molecule has 0 atom stereocenters. The predicted octanol–water partition coefficient (Wildman–Crippen LogP) is 12.4. The first-order valence-electron chi connectivity index (χ1n) is 17.0. The van der Waals surface area contributed by atoms with Crippen LogP contribution in [-0.2, 0) is 15.6 Å². The number of rotatable bonds is 10. The van der Waals surface area contributed by atoms with Gasteiger partial charge in [0, 0.05) is 12.4 Å². The van der Waals surface area contributed by atoms with Crippen LogP contribution in [0.1, 0.15) is 103 Å². The van der Waals surface area contributed by atoms with E-state index >= 15 is 0 Å². The molecule has 3 rings (SSSR count). The van der Waals surface area contributed by atoms with Crippen molar-refractivity contribution in [2.45, 2.75) is 144 Å². The van der Waals surface area contributed by atoms with Gasteiger partial charge in [0.25, 0.3) is 0 Å². The first kappa shape index (κ1) is 43.2. The van der Waals surface area contributed by atoms with Gasteiger partial charge in [0.05, 0.1) is 11.2 Å². The number of halogens is 1. The van der Waals surface area contributed by atoms with Gasteiger partial charge >= 0.3 is 0 Å². The van der Waals surface area contributed by atoms with Gasteiger partial charge < -0.3 is 9.53 Å². The van der Waals surface area contributed by atoms with E-state index in [1.54, 1.807) is 26.2 Å². The van der Waals surface area contributed by atoms with Crippen molar-refractivity contribution >= 4 is 26.8 Å². The molecule has 0 fully saturated rings. The second kappa shape index (κ2) is 20.5. The van der Waals surface area contributed by atoms with Gasteiger partial charge in [-0.25, -0.2) is 0 Å². The average molecular weight is 673 g/mol. The Bertz CT molecular complexity index is 1130. The lowest BCUT2D eigenvalue weighted by molar-refractivity contribution is 0.0784. The van der Waals surface area contributed by atoms with Crippen LogP contribution in [0.15, 0.2) is 67.0 Å². The van der Waals surface area contributed by atoms with Crippen molar-refractivity contribution in [2.24, 2.45) is 0 Å². The van der Waals surface area contributed by atoms with Crippen LogP contribution in [0.2, 0.25) is 36.3 Å². The largest absolute Gasteiger partial charge is 0.408 e. The molecule has 254 valence electrons. The van der Waals surface area contributed by atoms with Crippen molar-refractivity contribution in [1.29, 1.82) is 0 Å². The standard InChI is InChI=1S/C17H30OSi.C11H16O.C6H15ClSi.C5H5N/c1-8-19(9-2,10-3)18-17(6,7)16-12-14(4)11-15(5)13-16;1-8-5-9(2)7-10(6-8)11(3,4)12;1-4-8(7,5-2)6-3;1-2-4-6-5-3-1/h11-13H,8-10H2,1-7H3;5-7,12H,1-4H3;4-6H2,1-3H3;1-5H. The molecule has 0 amide bonds. The lowest BCUT2D eigenvalue weighted by atomic mass is 9.95. The second-order valence-corrected chi connectivity index (χ2v) is 24.9. The van der Waals surface area contributed by atoms with E-state index in [-0.39, 0.29) is 5.60 Å². The van der Waals surface area contributed by atoms with E-state index in [9.17, 15) is 5.11 Å². The highest BCUT2D eigenvalue weighted by Crippen LogP contribution is 2.34. The van der Waals surface area contributed by atoms with Gasteiger partial charge in [0.15, 0.2) is 15.7 Å². The van der Waals surface area contributed by atoms with Crippen molar-refractivity contribution in [1.82, 2.24) is 4.98 Å². The summed E-state index contributed by atoms with van der Waals surface area (Å²) >= 11 is 6.23. The van der Waals surface area contributed by atoms with Gasteiger partial charge in [0.2, 0.25) is 0 Å². The molecule has 1 heterocycles. The maximum Gasteiger partial charge on any atom is 0.193 e.